The highest BCUT2D eigenvalue weighted by atomic mass is 15.1. The molecule has 0 saturated carbocycles. The van der Waals surface area contributed by atoms with E-state index in [-0.39, 0.29) is 0 Å². The van der Waals surface area contributed by atoms with Crippen LogP contribution in [0, 0.1) is 0 Å². The molecule has 0 amide bonds. The van der Waals surface area contributed by atoms with Gasteiger partial charge in [-0.25, -0.2) is 0 Å². The van der Waals surface area contributed by atoms with Gasteiger partial charge in [-0.05, 0) is 116 Å². The van der Waals surface area contributed by atoms with Crippen LogP contribution >= 0.6 is 0 Å². The van der Waals surface area contributed by atoms with Gasteiger partial charge >= 0.3 is 0 Å². The number of fused-ring (bicyclic) bond motifs is 6. The van der Waals surface area contributed by atoms with E-state index in [9.17, 15) is 0 Å². The van der Waals surface area contributed by atoms with Crippen molar-refractivity contribution in [1.82, 2.24) is 4.57 Å². The summed E-state index contributed by atoms with van der Waals surface area (Å²) in [4.78, 5) is 2.39. The molecule has 2 heteroatoms. The van der Waals surface area contributed by atoms with Gasteiger partial charge in [0.25, 0.3) is 0 Å². The molecule has 0 atom stereocenters. The molecule has 0 aliphatic heterocycles. The molecule has 324 valence electrons. The molecule has 1 aliphatic rings. The summed E-state index contributed by atoms with van der Waals surface area (Å²) < 4.78 is 2.48. The lowest BCUT2D eigenvalue weighted by Crippen LogP contribution is -2.28. The number of para-hydroxylation sites is 3. The van der Waals surface area contributed by atoms with E-state index in [2.05, 4.69) is 289 Å². The first-order valence-corrected chi connectivity index (χ1v) is 23.8. The minimum atomic E-state index is -0.456. The van der Waals surface area contributed by atoms with Crippen LogP contribution in [0.5, 0.6) is 0 Å². The number of hydrogen-bond acceptors (Lipinski definition) is 1. The molecule has 0 unspecified atom stereocenters. The van der Waals surface area contributed by atoms with Crippen LogP contribution in [0.3, 0.4) is 0 Å². The molecule has 1 heterocycles. The van der Waals surface area contributed by atoms with Gasteiger partial charge in [-0.1, -0.05) is 224 Å². The van der Waals surface area contributed by atoms with Crippen LogP contribution in [0.15, 0.2) is 279 Å². The fraction of sp³-hybridized carbons (Fsp3) is 0.0149. The summed E-state index contributed by atoms with van der Waals surface area (Å²) >= 11 is 0. The third kappa shape index (κ3) is 6.56. The zero-order valence-electron chi connectivity index (χ0n) is 38.0. The number of hydrogen-bond donors (Lipinski definition) is 0. The molecule has 1 aromatic heterocycles. The van der Waals surface area contributed by atoms with Gasteiger partial charge in [0.15, 0.2) is 0 Å². The number of anilines is 3. The van der Waals surface area contributed by atoms with Crippen molar-refractivity contribution in [3.63, 3.8) is 0 Å². The first-order chi connectivity index (χ1) is 34.3. The summed E-state index contributed by atoms with van der Waals surface area (Å²) in [5, 5.41) is 2.46. The molecule has 0 bridgehead atoms. The molecule has 0 N–H and O–H groups in total. The van der Waals surface area contributed by atoms with E-state index in [1.54, 1.807) is 0 Å². The van der Waals surface area contributed by atoms with Crippen molar-refractivity contribution in [3.8, 4) is 50.2 Å². The van der Waals surface area contributed by atoms with Crippen molar-refractivity contribution >= 4 is 38.9 Å². The lowest BCUT2D eigenvalue weighted by Gasteiger charge is -2.33. The molecule has 0 radical (unpaired) electrons. The Kier molecular flexibility index (Phi) is 9.77. The van der Waals surface area contributed by atoms with Crippen LogP contribution in [-0.4, -0.2) is 4.57 Å². The number of rotatable bonds is 9. The van der Waals surface area contributed by atoms with Crippen LogP contribution in [0.1, 0.15) is 22.3 Å². The Labute approximate surface area is 403 Å². The van der Waals surface area contributed by atoms with E-state index in [1.165, 1.54) is 77.4 Å². The van der Waals surface area contributed by atoms with E-state index >= 15 is 0 Å². The third-order valence-corrected chi connectivity index (χ3v) is 14.3. The highest BCUT2D eigenvalue weighted by Crippen LogP contribution is 2.56. The first kappa shape index (κ1) is 40.3. The van der Waals surface area contributed by atoms with Gasteiger partial charge in [0.05, 0.1) is 22.1 Å². The Bertz CT molecular complexity index is 3780. The second kappa shape index (κ2) is 16.7. The average Bonchev–Trinajstić information content (AvgIpc) is 3.92. The lowest BCUT2D eigenvalue weighted by atomic mass is 9.68. The average molecular weight is 879 g/mol. The molecule has 1 aliphatic carbocycles. The van der Waals surface area contributed by atoms with Crippen LogP contribution in [-0.2, 0) is 5.41 Å². The summed E-state index contributed by atoms with van der Waals surface area (Å²) in [6.07, 6.45) is 0. The molecular weight excluding hydrogens is 833 g/mol. The minimum absolute atomic E-state index is 0.456. The highest BCUT2D eigenvalue weighted by molar-refractivity contribution is 6.11. The Morgan fingerprint density at radius 1 is 0.290 bits per heavy atom. The van der Waals surface area contributed by atoms with Crippen LogP contribution in [0.25, 0.3) is 72.0 Å². The molecule has 0 spiro atoms. The normalized spacial score (nSPS) is 12.5. The zero-order chi connectivity index (χ0) is 45.7. The largest absolute Gasteiger partial charge is 0.310 e. The molecule has 0 fully saturated rings. The Morgan fingerprint density at radius 2 is 0.783 bits per heavy atom. The summed E-state index contributed by atoms with van der Waals surface area (Å²) in [5.41, 5.74) is 21.1. The number of nitrogens with zero attached hydrogens (tertiary/aromatic N) is 2. The van der Waals surface area contributed by atoms with Gasteiger partial charge in [-0.2, -0.15) is 0 Å². The fourth-order valence-electron chi connectivity index (χ4n) is 11.3. The molecular formula is C67H46N2. The molecule has 13 rings (SSSR count). The van der Waals surface area contributed by atoms with Crippen molar-refractivity contribution in [2.75, 3.05) is 4.90 Å². The second-order valence-corrected chi connectivity index (χ2v) is 18.0. The zero-order valence-corrected chi connectivity index (χ0v) is 38.0. The van der Waals surface area contributed by atoms with Gasteiger partial charge in [0.2, 0.25) is 0 Å². The SMILES string of the molecule is c1ccc(-c2ccccc2-c2ccc(N(c3ccccc3)c3ccccc3-c3ccc4c5ccccc5n(-c5ccc6c(c5)-c5ccccc5C6(c5ccccc5)c5ccccc5)c4c3)cc2)cc1. The van der Waals surface area contributed by atoms with Crippen LogP contribution < -0.4 is 4.90 Å². The van der Waals surface area contributed by atoms with Crippen LogP contribution in [0.4, 0.5) is 17.1 Å². The Morgan fingerprint density at radius 3 is 1.48 bits per heavy atom. The first-order valence-electron chi connectivity index (χ1n) is 23.8. The van der Waals surface area contributed by atoms with Gasteiger partial charge in [-0.3, -0.25) is 0 Å². The summed E-state index contributed by atoms with van der Waals surface area (Å²) in [6.45, 7) is 0. The smallest absolute Gasteiger partial charge is 0.0713 e. The molecule has 11 aromatic carbocycles. The summed E-state index contributed by atoms with van der Waals surface area (Å²) in [7, 11) is 0. The standard InChI is InChI=1S/C67H46N2/c1-5-21-47(22-6-1)55-29-13-14-30-56(55)48-37-40-53(41-38-48)68(52-27-11-4-12-28-52)64-35-19-16-31-57(64)49-39-43-60-59-33-17-20-36-65(59)69(66(60)45-49)54-42-44-63-61(46-54)58-32-15-18-34-62(58)67(63,50-23-7-2-8-24-50)51-25-9-3-10-26-51/h1-46H. The van der Waals surface area contributed by atoms with Crippen molar-refractivity contribution < 1.29 is 0 Å². The van der Waals surface area contributed by atoms with Gasteiger partial charge in [0.1, 0.15) is 0 Å². The van der Waals surface area contributed by atoms with Crippen LogP contribution in [0.2, 0.25) is 0 Å². The van der Waals surface area contributed by atoms with Gasteiger partial charge in [0, 0.05) is 33.4 Å². The minimum Gasteiger partial charge on any atom is -0.310 e. The highest BCUT2D eigenvalue weighted by Gasteiger charge is 2.46. The monoisotopic (exact) mass is 878 g/mol. The van der Waals surface area contributed by atoms with E-state index in [4.69, 9.17) is 0 Å². The van der Waals surface area contributed by atoms with E-state index in [0.717, 1.165) is 33.9 Å². The quantitative estimate of drug-likeness (QED) is 0.140. The van der Waals surface area contributed by atoms with E-state index in [1.807, 2.05) is 0 Å². The predicted octanol–water partition coefficient (Wildman–Crippen LogP) is 17.6. The molecule has 69 heavy (non-hydrogen) atoms. The molecule has 0 saturated heterocycles. The maximum atomic E-state index is 2.48. The topological polar surface area (TPSA) is 8.17 Å². The van der Waals surface area contributed by atoms with Gasteiger partial charge in [-0.15, -0.1) is 0 Å². The lowest BCUT2D eigenvalue weighted by molar-refractivity contribution is 0.768. The Balaban J connectivity index is 0.964. The van der Waals surface area contributed by atoms with Crippen molar-refractivity contribution in [1.29, 1.82) is 0 Å². The van der Waals surface area contributed by atoms with E-state index in [0.29, 0.717) is 0 Å². The maximum absolute atomic E-state index is 2.48. The number of benzene rings is 11. The predicted molar refractivity (Wildman–Crippen MR) is 289 cm³/mol. The Hall–Kier alpha value is -8.98. The van der Waals surface area contributed by atoms with Gasteiger partial charge < -0.3 is 9.47 Å². The van der Waals surface area contributed by atoms with E-state index < -0.39 is 5.41 Å². The number of aromatic nitrogens is 1. The van der Waals surface area contributed by atoms with Crippen molar-refractivity contribution in [3.05, 3.63) is 301 Å². The molecule has 2 nitrogen and oxygen atoms in total. The molecule has 12 aromatic rings. The maximum Gasteiger partial charge on any atom is 0.0713 e. The summed E-state index contributed by atoms with van der Waals surface area (Å²) in [5.74, 6) is 0. The third-order valence-electron chi connectivity index (χ3n) is 14.3. The van der Waals surface area contributed by atoms with Crippen molar-refractivity contribution in [2.24, 2.45) is 0 Å². The second-order valence-electron chi connectivity index (χ2n) is 18.0. The van der Waals surface area contributed by atoms with Crippen molar-refractivity contribution in [2.45, 2.75) is 5.41 Å². The fourth-order valence-corrected chi connectivity index (χ4v) is 11.3. The summed E-state index contributed by atoms with van der Waals surface area (Å²) in [6, 6.07) is 102.